The zero-order chi connectivity index (χ0) is 11.4. The van der Waals surface area contributed by atoms with E-state index in [2.05, 4.69) is 9.97 Å². The summed E-state index contributed by atoms with van der Waals surface area (Å²) in [4.78, 5) is 22.0. The maximum atomic E-state index is 12.1. The van der Waals surface area contributed by atoms with E-state index in [-0.39, 0.29) is 12.5 Å². The van der Waals surface area contributed by atoms with Crippen LogP contribution < -0.4 is 5.73 Å². The van der Waals surface area contributed by atoms with E-state index in [1.165, 1.54) is 6.42 Å². The van der Waals surface area contributed by atoms with Crippen molar-refractivity contribution in [2.45, 2.75) is 25.8 Å². The highest BCUT2D eigenvalue weighted by atomic mass is 16.2. The van der Waals surface area contributed by atoms with Crippen molar-refractivity contribution in [1.82, 2.24) is 14.9 Å². The van der Waals surface area contributed by atoms with Crippen LogP contribution in [0.2, 0.25) is 0 Å². The van der Waals surface area contributed by atoms with Gasteiger partial charge < -0.3 is 10.6 Å². The smallest absolute Gasteiger partial charge is 0.272 e. The van der Waals surface area contributed by atoms with Crippen LogP contribution in [0.4, 0.5) is 0 Å². The molecule has 0 bridgehead atoms. The Morgan fingerprint density at radius 1 is 1.38 bits per heavy atom. The lowest BCUT2D eigenvalue weighted by Crippen LogP contribution is -2.36. The van der Waals surface area contributed by atoms with Crippen molar-refractivity contribution in [1.29, 1.82) is 0 Å². The molecule has 2 heterocycles. The molecular formula is C11H16N4O. The number of piperidine rings is 1. The highest BCUT2D eigenvalue weighted by molar-refractivity contribution is 5.92. The van der Waals surface area contributed by atoms with Gasteiger partial charge in [0.05, 0.1) is 6.54 Å². The largest absolute Gasteiger partial charge is 0.337 e. The van der Waals surface area contributed by atoms with E-state index < -0.39 is 0 Å². The average Bonchev–Trinajstić information content (AvgIpc) is 2.39. The Hall–Kier alpha value is -1.49. The lowest BCUT2D eigenvalue weighted by molar-refractivity contribution is 0.0718. The predicted octanol–water partition coefficient (Wildman–Crippen LogP) is 0.561. The topological polar surface area (TPSA) is 72.1 Å². The molecule has 1 aromatic heterocycles. The molecule has 5 heteroatoms. The molecule has 2 N–H and O–H groups in total. The van der Waals surface area contributed by atoms with Gasteiger partial charge in [-0.1, -0.05) is 0 Å². The molecule has 1 saturated heterocycles. The van der Waals surface area contributed by atoms with E-state index in [1.54, 1.807) is 12.3 Å². The van der Waals surface area contributed by atoms with Crippen LogP contribution in [0.3, 0.4) is 0 Å². The fraction of sp³-hybridized carbons (Fsp3) is 0.545. The first-order chi connectivity index (χ1) is 7.81. The Kier molecular flexibility index (Phi) is 3.46. The third kappa shape index (κ3) is 2.36. The highest BCUT2D eigenvalue weighted by Crippen LogP contribution is 2.11. The van der Waals surface area contributed by atoms with Crippen molar-refractivity contribution in [3.8, 4) is 0 Å². The molecular weight excluding hydrogens is 204 g/mol. The molecule has 0 radical (unpaired) electrons. The number of nitrogens with zero attached hydrogens (tertiary/aromatic N) is 3. The third-order valence-corrected chi connectivity index (χ3v) is 2.75. The van der Waals surface area contributed by atoms with Gasteiger partial charge in [-0.2, -0.15) is 0 Å². The van der Waals surface area contributed by atoms with Gasteiger partial charge in [0.1, 0.15) is 11.5 Å². The second-order valence-electron chi connectivity index (χ2n) is 3.92. The van der Waals surface area contributed by atoms with Crippen molar-refractivity contribution in [3.63, 3.8) is 0 Å². The number of rotatable bonds is 2. The summed E-state index contributed by atoms with van der Waals surface area (Å²) >= 11 is 0. The number of aromatic nitrogens is 2. The van der Waals surface area contributed by atoms with Crippen LogP contribution in [-0.2, 0) is 6.54 Å². The van der Waals surface area contributed by atoms with Gasteiger partial charge in [0.25, 0.3) is 5.91 Å². The van der Waals surface area contributed by atoms with Crippen molar-refractivity contribution >= 4 is 5.91 Å². The number of hydrogen-bond donors (Lipinski definition) is 1. The van der Waals surface area contributed by atoms with Crippen LogP contribution in [0.1, 0.15) is 35.6 Å². The second-order valence-corrected chi connectivity index (χ2v) is 3.92. The molecule has 0 atom stereocenters. The first-order valence-corrected chi connectivity index (χ1v) is 5.62. The Bertz CT molecular complexity index is 374. The molecule has 0 aliphatic carbocycles. The second kappa shape index (κ2) is 5.03. The Labute approximate surface area is 94.7 Å². The van der Waals surface area contributed by atoms with Crippen LogP contribution in [0.5, 0.6) is 0 Å². The first kappa shape index (κ1) is 11.0. The van der Waals surface area contributed by atoms with Crippen LogP contribution >= 0.6 is 0 Å². The summed E-state index contributed by atoms with van der Waals surface area (Å²) in [5.41, 5.74) is 5.90. The molecule has 5 nitrogen and oxygen atoms in total. The summed E-state index contributed by atoms with van der Waals surface area (Å²) in [6.07, 6.45) is 4.97. The lowest BCUT2D eigenvalue weighted by Gasteiger charge is -2.26. The molecule has 16 heavy (non-hydrogen) atoms. The molecule has 86 valence electrons. The summed E-state index contributed by atoms with van der Waals surface area (Å²) in [6, 6.07) is 1.65. The summed E-state index contributed by atoms with van der Waals surface area (Å²) in [5.74, 6) is 0.514. The van der Waals surface area contributed by atoms with Crippen molar-refractivity contribution < 1.29 is 4.79 Å². The van der Waals surface area contributed by atoms with E-state index in [0.717, 1.165) is 25.9 Å². The van der Waals surface area contributed by atoms with E-state index in [1.807, 2.05) is 4.90 Å². The van der Waals surface area contributed by atoms with Gasteiger partial charge in [-0.3, -0.25) is 4.79 Å². The third-order valence-electron chi connectivity index (χ3n) is 2.75. The number of amides is 1. The minimum atomic E-state index is -0.00296. The Morgan fingerprint density at radius 2 is 2.12 bits per heavy atom. The van der Waals surface area contributed by atoms with Crippen molar-refractivity contribution in [3.05, 3.63) is 23.8 Å². The van der Waals surface area contributed by atoms with Gasteiger partial charge >= 0.3 is 0 Å². The van der Waals surface area contributed by atoms with Crippen LogP contribution in [-0.4, -0.2) is 33.9 Å². The summed E-state index contributed by atoms with van der Waals surface area (Å²) in [7, 11) is 0. The monoisotopic (exact) mass is 220 g/mol. The Balaban J connectivity index is 2.12. The minimum Gasteiger partial charge on any atom is -0.337 e. The molecule has 1 amide bonds. The standard InChI is InChI=1S/C11H16N4O/c12-8-10-13-5-4-9(14-10)11(16)15-6-2-1-3-7-15/h4-5H,1-3,6-8,12H2. The Morgan fingerprint density at radius 3 is 2.81 bits per heavy atom. The lowest BCUT2D eigenvalue weighted by atomic mass is 10.1. The number of likely N-dealkylation sites (tertiary alicyclic amines) is 1. The molecule has 1 aromatic rings. The number of carbonyl (C=O) groups is 1. The quantitative estimate of drug-likeness (QED) is 0.790. The van der Waals surface area contributed by atoms with Gasteiger partial charge in [0.2, 0.25) is 0 Å². The minimum absolute atomic E-state index is 0.00296. The maximum Gasteiger partial charge on any atom is 0.272 e. The fourth-order valence-corrected chi connectivity index (χ4v) is 1.88. The van der Waals surface area contributed by atoms with Gasteiger partial charge in [0.15, 0.2) is 0 Å². The van der Waals surface area contributed by atoms with Crippen LogP contribution in [0, 0.1) is 0 Å². The first-order valence-electron chi connectivity index (χ1n) is 5.62. The summed E-state index contributed by atoms with van der Waals surface area (Å²) in [6.45, 7) is 1.93. The van der Waals surface area contributed by atoms with Gasteiger partial charge in [-0.15, -0.1) is 0 Å². The van der Waals surface area contributed by atoms with Gasteiger partial charge in [-0.25, -0.2) is 9.97 Å². The molecule has 1 aliphatic heterocycles. The van der Waals surface area contributed by atoms with Crippen LogP contribution in [0.15, 0.2) is 12.3 Å². The zero-order valence-electron chi connectivity index (χ0n) is 9.22. The van der Waals surface area contributed by atoms with Gasteiger partial charge in [0, 0.05) is 19.3 Å². The molecule has 2 rings (SSSR count). The molecule has 1 fully saturated rings. The predicted molar refractivity (Wildman–Crippen MR) is 59.7 cm³/mol. The van der Waals surface area contributed by atoms with E-state index in [0.29, 0.717) is 11.5 Å². The maximum absolute atomic E-state index is 12.1. The number of carbonyl (C=O) groups excluding carboxylic acids is 1. The van der Waals surface area contributed by atoms with E-state index in [4.69, 9.17) is 5.73 Å². The van der Waals surface area contributed by atoms with Crippen molar-refractivity contribution in [2.75, 3.05) is 13.1 Å². The van der Waals surface area contributed by atoms with Crippen LogP contribution in [0.25, 0.3) is 0 Å². The van der Waals surface area contributed by atoms with E-state index >= 15 is 0 Å². The van der Waals surface area contributed by atoms with Crippen molar-refractivity contribution in [2.24, 2.45) is 5.73 Å². The molecule has 0 spiro atoms. The highest BCUT2D eigenvalue weighted by Gasteiger charge is 2.19. The SMILES string of the molecule is NCc1nccc(C(=O)N2CCCCC2)n1. The molecule has 0 unspecified atom stereocenters. The number of nitrogens with two attached hydrogens (primary N) is 1. The average molecular weight is 220 g/mol. The zero-order valence-corrected chi connectivity index (χ0v) is 9.22. The summed E-state index contributed by atoms with van der Waals surface area (Å²) < 4.78 is 0. The normalized spacial score (nSPS) is 16.2. The van der Waals surface area contributed by atoms with E-state index in [9.17, 15) is 4.79 Å². The fourth-order valence-electron chi connectivity index (χ4n) is 1.88. The molecule has 1 aliphatic rings. The number of hydrogen-bond acceptors (Lipinski definition) is 4. The molecule has 0 aromatic carbocycles. The molecule has 0 saturated carbocycles. The summed E-state index contributed by atoms with van der Waals surface area (Å²) in [5, 5.41) is 0. The van der Waals surface area contributed by atoms with Gasteiger partial charge in [-0.05, 0) is 25.3 Å².